The maximum atomic E-state index is 6.49. The molecule has 37 heavy (non-hydrogen) atoms. The molecule has 0 unspecified atom stereocenters. The van der Waals surface area contributed by atoms with Gasteiger partial charge in [-0.25, -0.2) is 5.01 Å². The Morgan fingerprint density at radius 2 is 2.00 bits per heavy atom. The molecule has 0 aromatic carbocycles. The minimum absolute atomic E-state index is 0.202. The highest BCUT2D eigenvalue weighted by molar-refractivity contribution is 5.78. The van der Waals surface area contributed by atoms with Crippen molar-refractivity contribution in [2.45, 2.75) is 67.7 Å². The molecule has 1 aromatic rings. The van der Waals surface area contributed by atoms with Gasteiger partial charge in [-0.05, 0) is 79.9 Å². The summed E-state index contributed by atoms with van der Waals surface area (Å²) in [6.45, 7) is 16.8. The first kappa shape index (κ1) is 30.3. The fourth-order valence-electron chi connectivity index (χ4n) is 4.27. The van der Waals surface area contributed by atoms with Gasteiger partial charge in [-0.15, -0.1) is 0 Å². The SMILES string of the molecule is CCC(C)(C)/C(=C/C=C(\C)CN(N)C/C=C(\N)C1=CC(OC)=C(c2ccnc(C)c2)C=CC1)CC(C)C. The summed E-state index contributed by atoms with van der Waals surface area (Å²) < 4.78 is 5.74. The molecule has 1 aliphatic rings. The van der Waals surface area contributed by atoms with E-state index in [0.717, 1.165) is 47.4 Å². The Bertz CT molecular complexity index is 1100. The summed E-state index contributed by atoms with van der Waals surface area (Å²) in [6.07, 6.45) is 17.5. The Labute approximate surface area is 225 Å². The van der Waals surface area contributed by atoms with Gasteiger partial charge in [0.1, 0.15) is 5.76 Å². The van der Waals surface area contributed by atoms with E-state index in [2.05, 4.69) is 76.9 Å². The molecule has 5 heteroatoms. The number of nitrogens with two attached hydrogens (primary N) is 2. The van der Waals surface area contributed by atoms with E-state index >= 15 is 0 Å². The predicted octanol–water partition coefficient (Wildman–Crippen LogP) is 7.01. The van der Waals surface area contributed by atoms with Crippen molar-refractivity contribution in [1.29, 1.82) is 0 Å². The molecule has 0 amide bonds. The number of hydrogen-bond donors (Lipinski definition) is 2. The third-order valence-corrected chi connectivity index (χ3v) is 6.94. The summed E-state index contributed by atoms with van der Waals surface area (Å²) in [5, 5.41) is 1.80. The summed E-state index contributed by atoms with van der Waals surface area (Å²) in [7, 11) is 1.69. The van der Waals surface area contributed by atoms with Gasteiger partial charge >= 0.3 is 0 Å². The van der Waals surface area contributed by atoms with Crippen molar-refractivity contribution in [2.75, 3.05) is 20.2 Å². The van der Waals surface area contributed by atoms with Crippen molar-refractivity contribution in [2.24, 2.45) is 22.9 Å². The molecule has 4 N–H and O–H groups in total. The van der Waals surface area contributed by atoms with Crippen LogP contribution in [-0.2, 0) is 4.74 Å². The Morgan fingerprint density at radius 3 is 2.62 bits per heavy atom. The van der Waals surface area contributed by atoms with Crippen molar-refractivity contribution < 1.29 is 4.74 Å². The normalized spacial score (nSPS) is 16.0. The Kier molecular flexibility index (Phi) is 11.6. The third-order valence-electron chi connectivity index (χ3n) is 6.94. The number of aromatic nitrogens is 1. The standard InChI is InChI=1S/C32H48N4O/c1-9-32(6,7)28(19-23(2)3)14-13-24(4)22-36(34)18-16-30(33)27-11-10-12-29(31(21-27)37-8)26-15-17-35-25(5)20-26/h10,12-17,20-21,23H,9,11,18-19,22,33-34H2,1-8H3/b24-13+,28-14+,30-16-. The monoisotopic (exact) mass is 504 g/mol. The molecular weight excluding hydrogens is 456 g/mol. The maximum Gasteiger partial charge on any atom is 0.127 e. The fourth-order valence-corrected chi connectivity index (χ4v) is 4.27. The lowest BCUT2D eigenvalue weighted by atomic mass is 9.77. The van der Waals surface area contributed by atoms with E-state index in [-0.39, 0.29) is 5.41 Å². The zero-order valence-corrected chi connectivity index (χ0v) is 24.3. The fraction of sp³-hybridized carbons (Fsp3) is 0.469. The van der Waals surface area contributed by atoms with Crippen LogP contribution in [0.2, 0.25) is 0 Å². The van der Waals surface area contributed by atoms with Crippen molar-refractivity contribution in [3.8, 4) is 0 Å². The molecule has 0 fully saturated rings. The number of methoxy groups -OCH3 is 1. The van der Waals surface area contributed by atoms with Crippen LogP contribution in [0.5, 0.6) is 0 Å². The van der Waals surface area contributed by atoms with Crippen molar-refractivity contribution in [3.63, 3.8) is 0 Å². The molecule has 202 valence electrons. The van der Waals surface area contributed by atoms with E-state index in [1.54, 1.807) is 12.1 Å². The summed E-state index contributed by atoms with van der Waals surface area (Å²) in [5.41, 5.74) is 14.2. The van der Waals surface area contributed by atoms with Gasteiger partial charge in [-0.2, -0.15) is 0 Å². The lowest BCUT2D eigenvalue weighted by molar-refractivity contribution is 0.309. The topological polar surface area (TPSA) is 77.4 Å². The second-order valence-corrected chi connectivity index (χ2v) is 11.1. The number of hydrogen-bond acceptors (Lipinski definition) is 5. The molecule has 0 spiro atoms. The quantitative estimate of drug-likeness (QED) is 0.182. The van der Waals surface area contributed by atoms with E-state index in [1.807, 2.05) is 31.3 Å². The number of rotatable bonds is 12. The van der Waals surface area contributed by atoms with Crippen molar-refractivity contribution in [3.05, 3.63) is 94.2 Å². The lowest BCUT2D eigenvalue weighted by Crippen LogP contribution is -2.33. The lowest BCUT2D eigenvalue weighted by Gasteiger charge is -2.28. The summed E-state index contributed by atoms with van der Waals surface area (Å²) >= 11 is 0. The molecular formula is C32H48N4O. The second kappa shape index (κ2) is 14.2. The molecule has 1 aromatic heterocycles. The molecule has 1 aliphatic carbocycles. The minimum Gasteiger partial charge on any atom is -0.496 e. The Balaban J connectivity index is 2.13. The molecule has 0 radical (unpaired) electrons. The van der Waals surface area contributed by atoms with Gasteiger partial charge in [0, 0.05) is 36.3 Å². The van der Waals surface area contributed by atoms with Crippen LogP contribution in [0.1, 0.15) is 72.1 Å². The van der Waals surface area contributed by atoms with E-state index in [1.165, 1.54) is 11.1 Å². The molecule has 0 saturated carbocycles. The molecule has 0 bridgehead atoms. The van der Waals surface area contributed by atoms with Crippen LogP contribution in [0.25, 0.3) is 5.57 Å². The van der Waals surface area contributed by atoms with Crippen LogP contribution in [-0.4, -0.2) is 30.2 Å². The average Bonchev–Trinajstić information content (AvgIpc) is 3.07. The predicted molar refractivity (Wildman–Crippen MR) is 158 cm³/mol. The first-order chi connectivity index (χ1) is 17.5. The van der Waals surface area contributed by atoms with Crippen LogP contribution in [0.3, 0.4) is 0 Å². The average molecular weight is 505 g/mol. The first-order valence-corrected chi connectivity index (χ1v) is 13.4. The van der Waals surface area contributed by atoms with Gasteiger partial charge < -0.3 is 10.5 Å². The van der Waals surface area contributed by atoms with Crippen LogP contribution < -0.4 is 11.6 Å². The van der Waals surface area contributed by atoms with E-state index in [0.29, 0.717) is 24.7 Å². The molecule has 0 aliphatic heterocycles. The van der Waals surface area contributed by atoms with Crippen LogP contribution in [0.4, 0.5) is 0 Å². The summed E-state index contributed by atoms with van der Waals surface area (Å²) in [5.74, 6) is 7.77. The van der Waals surface area contributed by atoms with Gasteiger partial charge in [0.25, 0.3) is 0 Å². The number of ether oxygens (including phenoxy) is 1. The van der Waals surface area contributed by atoms with Crippen molar-refractivity contribution in [1.82, 2.24) is 9.99 Å². The number of allylic oxidation sites excluding steroid dienone is 8. The highest BCUT2D eigenvalue weighted by atomic mass is 16.5. The van der Waals surface area contributed by atoms with E-state index in [9.17, 15) is 0 Å². The van der Waals surface area contributed by atoms with Crippen LogP contribution in [0.15, 0.2) is 83.0 Å². The van der Waals surface area contributed by atoms with Gasteiger partial charge in [0.05, 0.1) is 7.11 Å². The zero-order chi connectivity index (χ0) is 27.6. The summed E-state index contributed by atoms with van der Waals surface area (Å²) in [4.78, 5) is 4.30. The number of pyridine rings is 1. The molecule has 2 rings (SSSR count). The van der Waals surface area contributed by atoms with Gasteiger partial charge in [-0.1, -0.05) is 70.1 Å². The molecule has 0 saturated heterocycles. The van der Waals surface area contributed by atoms with Gasteiger partial charge in [0.2, 0.25) is 0 Å². The Hall–Kier alpha value is -2.89. The largest absolute Gasteiger partial charge is 0.496 e. The maximum absolute atomic E-state index is 6.49. The zero-order valence-electron chi connectivity index (χ0n) is 24.3. The van der Waals surface area contributed by atoms with E-state index < -0.39 is 0 Å². The van der Waals surface area contributed by atoms with Crippen LogP contribution in [0, 0.1) is 18.3 Å². The minimum atomic E-state index is 0.202. The Morgan fingerprint density at radius 1 is 1.27 bits per heavy atom. The molecule has 0 atom stereocenters. The first-order valence-electron chi connectivity index (χ1n) is 13.4. The smallest absolute Gasteiger partial charge is 0.127 e. The third kappa shape index (κ3) is 9.49. The van der Waals surface area contributed by atoms with Crippen LogP contribution >= 0.6 is 0 Å². The molecule has 5 nitrogen and oxygen atoms in total. The van der Waals surface area contributed by atoms with Crippen molar-refractivity contribution >= 4 is 5.57 Å². The van der Waals surface area contributed by atoms with E-state index in [4.69, 9.17) is 16.3 Å². The number of hydrazine groups is 1. The highest BCUT2D eigenvalue weighted by Crippen LogP contribution is 2.34. The highest BCUT2D eigenvalue weighted by Gasteiger charge is 2.21. The molecule has 1 heterocycles. The van der Waals surface area contributed by atoms with Gasteiger partial charge in [-0.3, -0.25) is 10.8 Å². The number of nitrogens with zero attached hydrogens (tertiary/aromatic N) is 2. The number of aryl methyl sites for hydroxylation is 1. The van der Waals surface area contributed by atoms with Gasteiger partial charge in [0.15, 0.2) is 0 Å². The summed E-state index contributed by atoms with van der Waals surface area (Å²) in [6, 6.07) is 4.05. The second-order valence-electron chi connectivity index (χ2n) is 11.1.